The number of nitrogens with one attached hydrogen (secondary N) is 1. The minimum Gasteiger partial charge on any atom is -0.508 e. The van der Waals surface area contributed by atoms with Crippen LogP contribution in [-0.2, 0) is 10.5 Å². The third kappa shape index (κ3) is 5.39. The van der Waals surface area contributed by atoms with Crippen LogP contribution in [0, 0.1) is 5.41 Å². The van der Waals surface area contributed by atoms with Gasteiger partial charge in [-0.05, 0) is 41.8 Å². The molecule has 1 aromatic heterocycles. The number of aromatic hydroxyl groups is 1. The van der Waals surface area contributed by atoms with Crippen molar-refractivity contribution < 1.29 is 14.3 Å². The van der Waals surface area contributed by atoms with Crippen LogP contribution >= 0.6 is 11.8 Å². The van der Waals surface area contributed by atoms with Crippen LogP contribution in [0.5, 0.6) is 5.75 Å². The van der Waals surface area contributed by atoms with Gasteiger partial charge < -0.3 is 14.8 Å². The fraction of sp³-hybridized carbons (Fsp3) is 0.273. The maximum absolute atomic E-state index is 12.2. The van der Waals surface area contributed by atoms with E-state index in [9.17, 15) is 14.7 Å². The Balaban J connectivity index is 1.70. The van der Waals surface area contributed by atoms with Crippen molar-refractivity contribution in [2.24, 2.45) is 5.41 Å². The molecule has 0 saturated carbocycles. The van der Waals surface area contributed by atoms with Crippen molar-refractivity contribution >= 4 is 34.3 Å². The van der Waals surface area contributed by atoms with Crippen LogP contribution in [0.3, 0.4) is 0 Å². The van der Waals surface area contributed by atoms with Gasteiger partial charge in [0.15, 0.2) is 0 Å². The van der Waals surface area contributed by atoms with Crippen LogP contribution in [-0.4, -0.2) is 11.0 Å². The van der Waals surface area contributed by atoms with E-state index in [2.05, 4.69) is 5.32 Å². The second kappa shape index (κ2) is 8.10. The van der Waals surface area contributed by atoms with Crippen molar-refractivity contribution in [2.75, 3.05) is 5.32 Å². The first-order valence-electron chi connectivity index (χ1n) is 8.98. The second-order valence-electron chi connectivity index (χ2n) is 7.88. The van der Waals surface area contributed by atoms with Crippen molar-refractivity contribution in [1.82, 2.24) is 0 Å². The van der Waals surface area contributed by atoms with E-state index in [1.165, 1.54) is 17.8 Å². The number of hydrogen-bond donors (Lipinski definition) is 2. The molecule has 3 aromatic rings. The van der Waals surface area contributed by atoms with E-state index in [1.807, 2.05) is 45.0 Å². The van der Waals surface area contributed by atoms with Crippen molar-refractivity contribution in [1.29, 1.82) is 0 Å². The van der Waals surface area contributed by atoms with E-state index in [4.69, 9.17) is 4.42 Å². The highest BCUT2D eigenvalue weighted by atomic mass is 32.2. The molecule has 0 aliphatic rings. The normalized spacial score (nSPS) is 11.5. The molecule has 0 atom stereocenters. The lowest BCUT2D eigenvalue weighted by Crippen LogP contribution is -2.19. The van der Waals surface area contributed by atoms with Crippen LogP contribution in [0.2, 0.25) is 0 Å². The number of carbonyl (C=O) groups excluding carboxylic acids is 1. The molecule has 146 valence electrons. The van der Waals surface area contributed by atoms with Gasteiger partial charge in [0.1, 0.15) is 11.3 Å². The summed E-state index contributed by atoms with van der Waals surface area (Å²) in [5.41, 5.74) is 1.16. The Morgan fingerprint density at radius 3 is 2.68 bits per heavy atom. The zero-order chi connectivity index (χ0) is 20.3. The number of phenols is 1. The van der Waals surface area contributed by atoms with Crippen LogP contribution in [0.15, 0.2) is 62.6 Å². The molecule has 3 rings (SSSR count). The number of benzene rings is 2. The van der Waals surface area contributed by atoms with Crippen LogP contribution in [0.1, 0.15) is 32.8 Å². The van der Waals surface area contributed by atoms with Gasteiger partial charge in [0, 0.05) is 39.8 Å². The van der Waals surface area contributed by atoms with Crippen molar-refractivity contribution in [3.05, 3.63) is 64.5 Å². The minimum atomic E-state index is -0.416. The van der Waals surface area contributed by atoms with E-state index in [-0.39, 0.29) is 17.1 Å². The van der Waals surface area contributed by atoms with E-state index >= 15 is 0 Å². The maximum Gasteiger partial charge on any atom is 0.340 e. The van der Waals surface area contributed by atoms with E-state index < -0.39 is 5.63 Å². The fourth-order valence-electron chi connectivity index (χ4n) is 2.75. The number of fused-ring (bicyclic) bond motifs is 1. The molecule has 6 heteroatoms. The standard InChI is InChI=1S/C22H23NO4S/c1-22(2,3)12-20(25)23-16-5-4-6-18(10-16)28-13-15-9-14-7-8-17(24)11-19(14)27-21(15)26/h4-11,24H,12-13H2,1-3H3,(H,23,25). The topological polar surface area (TPSA) is 79.5 Å². The molecule has 2 aromatic carbocycles. The quantitative estimate of drug-likeness (QED) is 0.459. The molecule has 1 amide bonds. The fourth-order valence-corrected chi connectivity index (χ4v) is 3.66. The maximum atomic E-state index is 12.2. The third-order valence-electron chi connectivity index (χ3n) is 3.99. The van der Waals surface area contributed by atoms with Gasteiger partial charge in [0.25, 0.3) is 0 Å². The van der Waals surface area contributed by atoms with Gasteiger partial charge in [-0.25, -0.2) is 4.79 Å². The molecule has 2 N–H and O–H groups in total. The molecule has 0 bridgehead atoms. The first-order chi connectivity index (χ1) is 13.2. The number of amides is 1. The van der Waals surface area contributed by atoms with E-state index in [0.29, 0.717) is 23.3 Å². The van der Waals surface area contributed by atoms with Gasteiger partial charge >= 0.3 is 5.63 Å². The average Bonchev–Trinajstić information content (AvgIpc) is 2.58. The van der Waals surface area contributed by atoms with E-state index in [1.54, 1.807) is 18.2 Å². The summed E-state index contributed by atoms with van der Waals surface area (Å²) >= 11 is 1.49. The Kier molecular flexibility index (Phi) is 5.79. The van der Waals surface area contributed by atoms with Crippen molar-refractivity contribution in [3.8, 4) is 5.75 Å². The zero-order valence-electron chi connectivity index (χ0n) is 16.1. The van der Waals surface area contributed by atoms with E-state index in [0.717, 1.165) is 16.0 Å². The van der Waals surface area contributed by atoms with Crippen molar-refractivity contribution in [2.45, 2.75) is 37.8 Å². The molecule has 0 aliphatic carbocycles. The molecule has 0 fully saturated rings. The lowest BCUT2D eigenvalue weighted by molar-refractivity contribution is -0.117. The zero-order valence-corrected chi connectivity index (χ0v) is 16.9. The van der Waals surface area contributed by atoms with Gasteiger partial charge in [-0.15, -0.1) is 11.8 Å². The summed E-state index contributed by atoms with van der Waals surface area (Å²) in [4.78, 5) is 25.3. The molecule has 28 heavy (non-hydrogen) atoms. The summed E-state index contributed by atoms with van der Waals surface area (Å²) in [5, 5.41) is 13.2. The lowest BCUT2D eigenvalue weighted by atomic mass is 9.92. The number of rotatable bonds is 5. The van der Waals surface area contributed by atoms with Gasteiger partial charge in [-0.3, -0.25) is 4.79 Å². The summed E-state index contributed by atoms with van der Waals surface area (Å²) in [5.74, 6) is 0.481. The summed E-state index contributed by atoms with van der Waals surface area (Å²) < 4.78 is 5.30. The molecular formula is C22H23NO4S. The summed E-state index contributed by atoms with van der Waals surface area (Å²) in [7, 11) is 0. The monoisotopic (exact) mass is 397 g/mol. The SMILES string of the molecule is CC(C)(C)CC(=O)Nc1cccc(SCc2cc3ccc(O)cc3oc2=O)c1. The Hall–Kier alpha value is -2.73. The highest BCUT2D eigenvalue weighted by molar-refractivity contribution is 7.98. The number of carbonyl (C=O) groups is 1. The third-order valence-corrected chi connectivity index (χ3v) is 5.04. The van der Waals surface area contributed by atoms with Crippen molar-refractivity contribution in [3.63, 3.8) is 0 Å². The minimum absolute atomic E-state index is 0.0203. The highest BCUT2D eigenvalue weighted by Gasteiger charge is 2.16. The Morgan fingerprint density at radius 2 is 1.93 bits per heavy atom. The number of thioether (sulfide) groups is 1. The molecule has 0 saturated heterocycles. The highest BCUT2D eigenvalue weighted by Crippen LogP contribution is 2.27. The lowest BCUT2D eigenvalue weighted by Gasteiger charge is -2.17. The van der Waals surface area contributed by atoms with Gasteiger partial charge in [-0.2, -0.15) is 0 Å². The molecular weight excluding hydrogens is 374 g/mol. The predicted octanol–water partition coefficient (Wildman–Crippen LogP) is 5.17. The molecule has 5 nitrogen and oxygen atoms in total. The number of hydrogen-bond acceptors (Lipinski definition) is 5. The van der Waals surface area contributed by atoms with Gasteiger partial charge in [-0.1, -0.05) is 26.8 Å². The molecule has 0 spiro atoms. The van der Waals surface area contributed by atoms with Crippen LogP contribution in [0.25, 0.3) is 11.0 Å². The Labute approximate surface area is 167 Å². The Morgan fingerprint density at radius 1 is 1.14 bits per heavy atom. The predicted molar refractivity (Wildman–Crippen MR) is 113 cm³/mol. The average molecular weight is 397 g/mol. The molecule has 0 aliphatic heterocycles. The Bertz CT molecular complexity index is 1070. The summed E-state index contributed by atoms with van der Waals surface area (Å²) in [6.07, 6.45) is 0.443. The first kappa shape index (κ1) is 20.0. The molecule has 0 radical (unpaired) electrons. The van der Waals surface area contributed by atoms with Gasteiger partial charge in [0.05, 0.1) is 0 Å². The first-order valence-corrected chi connectivity index (χ1v) is 9.97. The van der Waals surface area contributed by atoms with Gasteiger partial charge in [0.2, 0.25) is 5.91 Å². The molecule has 0 unspecified atom stereocenters. The largest absolute Gasteiger partial charge is 0.508 e. The smallest absolute Gasteiger partial charge is 0.340 e. The van der Waals surface area contributed by atoms with Crippen LogP contribution < -0.4 is 10.9 Å². The number of phenolic OH excluding ortho intramolecular Hbond substituents is 1. The van der Waals surface area contributed by atoms with Crippen LogP contribution in [0.4, 0.5) is 5.69 Å². The second-order valence-corrected chi connectivity index (χ2v) is 8.93. The summed E-state index contributed by atoms with van der Waals surface area (Å²) in [6.45, 7) is 6.07. The molecule has 1 heterocycles. The summed E-state index contributed by atoms with van der Waals surface area (Å²) in [6, 6.07) is 14.0. The number of anilines is 1.